The Balaban J connectivity index is 1.55. The zero-order valence-corrected chi connectivity index (χ0v) is 17.2. The molecule has 1 aromatic carbocycles. The number of fused-ring (bicyclic) bond motifs is 2. The zero-order chi connectivity index (χ0) is 20.0. The van der Waals surface area contributed by atoms with Gasteiger partial charge in [0.1, 0.15) is 12.6 Å². The summed E-state index contributed by atoms with van der Waals surface area (Å²) in [5.74, 6) is -0.590. The van der Waals surface area contributed by atoms with Gasteiger partial charge in [-0.25, -0.2) is 0 Å². The molecule has 9 heteroatoms. The van der Waals surface area contributed by atoms with E-state index in [-0.39, 0.29) is 24.3 Å². The Hall–Kier alpha value is -2.68. The van der Waals surface area contributed by atoms with Gasteiger partial charge in [-0.1, -0.05) is 0 Å². The molecule has 4 rings (SSSR count). The van der Waals surface area contributed by atoms with Gasteiger partial charge in [-0.3, -0.25) is 19.1 Å². The maximum atomic E-state index is 12.9. The van der Waals surface area contributed by atoms with Crippen molar-refractivity contribution >= 4 is 45.0 Å². The molecule has 2 aliphatic rings. The lowest BCUT2D eigenvalue weighted by atomic mass is 10.1. The highest BCUT2D eigenvalue weighted by atomic mass is 79.9. The van der Waals surface area contributed by atoms with Crippen molar-refractivity contribution in [1.82, 2.24) is 14.7 Å². The Morgan fingerprint density at radius 2 is 2.14 bits per heavy atom. The van der Waals surface area contributed by atoms with Crippen LogP contribution < -0.4 is 10.6 Å². The Morgan fingerprint density at radius 1 is 1.36 bits per heavy atom. The number of carbonyl (C=O) groups is 3. The fourth-order valence-corrected chi connectivity index (χ4v) is 4.01. The van der Waals surface area contributed by atoms with Crippen molar-refractivity contribution in [3.8, 4) is 0 Å². The van der Waals surface area contributed by atoms with Gasteiger partial charge in [0.15, 0.2) is 0 Å². The van der Waals surface area contributed by atoms with Crippen LogP contribution in [0.25, 0.3) is 0 Å². The minimum Gasteiger partial charge on any atom is -0.327 e. The third-order valence-corrected chi connectivity index (χ3v) is 6.34. The smallest absolute Gasteiger partial charge is 0.256 e. The number of rotatable bonds is 3. The molecule has 2 aromatic rings. The predicted molar refractivity (Wildman–Crippen MR) is 107 cm³/mol. The van der Waals surface area contributed by atoms with E-state index in [0.29, 0.717) is 29.9 Å². The third kappa shape index (κ3) is 3.19. The molecule has 1 saturated heterocycles. The molecule has 2 aliphatic heterocycles. The van der Waals surface area contributed by atoms with Crippen LogP contribution in [0.1, 0.15) is 34.6 Å². The van der Waals surface area contributed by atoms with Gasteiger partial charge in [0.05, 0.1) is 27.1 Å². The Labute approximate surface area is 170 Å². The number of anilines is 2. The number of nitrogens with zero attached hydrogens (tertiary/aromatic N) is 3. The third-order valence-electron chi connectivity index (χ3n) is 5.19. The second kappa shape index (κ2) is 7.05. The lowest BCUT2D eigenvalue weighted by Crippen LogP contribution is -2.40. The summed E-state index contributed by atoms with van der Waals surface area (Å²) in [7, 11) is 0. The molecule has 3 amide bonds. The van der Waals surface area contributed by atoms with E-state index >= 15 is 0 Å². The number of carbonyl (C=O) groups excluding carboxylic acids is 3. The normalized spacial score (nSPS) is 18.4. The fraction of sp³-hybridized carbons (Fsp3) is 0.368. The predicted octanol–water partition coefficient (Wildman–Crippen LogP) is 2.46. The standard InChI is InChI=1S/C19H20BrN5O3/c1-10-17(20)11(2)25(23-10)9-16(26)21-12-5-6-14-13(8-12)19(28)24-7-3-4-15(24)18(27)22-14/h5-6,8,15H,3-4,7,9H2,1-2H3,(H,21,26)(H,22,27)/t15-/m1/s1. The fourth-order valence-electron chi connectivity index (χ4n) is 3.73. The summed E-state index contributed by atoms with van der Waals surface area (Å²) in [6.07, 6.45) is 1.49. The van der Waals surface area contributed by atoms with Crippen LogP contribution in [-0.4, -0.2) is 45.0 Å². The van der Waals surface area contributed by atoms with E-state index in [1.54, 1.807) is 27.8 Å². The number of benzene rings is 1. The van der Waals surface area contributed by atoms with Crippen molar-refractivity contribution in [3.63, 3.8) is 0 Å². The monoisotopic (exact) mass is 445 g/mol. The molecule has 3 heterocycles. The molecule has 8 nitrogen and oxygen atoms in total. The molecule has 0 spiro atoms. The average molecular weight is 446 g/mol. The molecule has 2 N–H and O–H groups in total. The van der Waals surface area contributed by atoms with E-state index in [2.05, 4.69) is 31.7 Å². The van der Waals surface area contributed by atoms with Gasteiger partial charge < -0.3 is 15.5 Å². The number of aromatic nitrogens is 2. The van der Waals surface area contributed by atoms with E-state index in [9.17, 15) is 14.4 Å². The highest BCUT2D eigenvalue weighted by Crippen LogP contribution is 2.30. The summed E-state index contributed by atoms with van der Waals surface area (Å²) < 4.78 is 2.50. The van der Waals surface area contributed by atoms with E-state index < -0.39 is 6.04 Å². The van der Waals surface area contributed by atoms with E-state index in [4.69, 9.17) is 0 Å². The van der Waals surface area contributed by atoms with Gasteiger partial charge in [-0.05, 0) is 60.8 Å². The van der Waals surface area contributed by atoms with Crippen LogP contribution in [0, 0.1) is 13.8 Å². The van der Waals surface area contributed by atoms with Gasteiger partial charge in [0.25, 0.3) is 5.91 Å². The quantitative estimate of drug-likeness (QED) is 0.757. The van der Waals surface area contributed by atoms with Gasteiger partial charge in [-0.2, -0.15) is 5.10 Å². The van der Waals surface area contributed by atoms with Crippen molar-refractivity contribution in [3.05, 3.63) is 39.6 Å². The first kappa shape index (κ1) is 18.7. The van der Waals surface area contributed by atoms with Crippen LogP contribution in [0.3, 0.4) is 0 Å². The second-order valence-electron chi connectivity index (χ2n) is 7.10. The lowest BCUT2D eigenvalue weighted by molar-refractivity contribution is -0.119. The van der Waals surface area contributed by atoms with Crippen molar-refractivity contribution < 1.29 is 14.4 Å². The first-order chi connectivity index (χ1) is 13.3. The summed E-state index contributed by atoms with van der Waals surface area (Å²) in [4.78, 5) is 39.3. The van der Waals surface area contributed by atoms with Crippen LogP contribution >= 0.6 is 15.9 Å². The van der Waals surface area contributed by atoms with Crippen molar-refractivity contribution in [1.29, 1.82) is 0 Å². The second-order valence-corrected chi connectivity index (χ2v) is 7.89. The number of halogens is 1. The van der Waals surface area contributed by atoms with Crippen molar-refractivity contribution in [2.45, 2.75) is 39.3 Å². The summed E-state index contributed by atoms with van der Waals surface area (Å²) >= 11 is 3.45. The van der Waals surface area contributed by atoms with Gasteiger partial charge in [-0.15, -0.1) is 0 Å². The minimum absolute atomic E-state index is 0.0637. The summed E-state index contributed by atoms with van der Waals surface area (Å²) in [5, 5.41) is 9.97. The summed E-state index contributed by atoms with van der Waals surface area (Å²) in [5.41, 5.74) is 3.06. The first-order valence-corrected chi connectivity index (χ1v) is 9.89. The number of aryl methyl sites for hydroxylation is 1. The highest BCUT2D eigenvalue weighted by molar-refractivity contribution is 9.10. The zero-order valence-electron chi connectivity index (χ0n) is 15.6. The highest BCUT2D eigenvalue weighted by Gasteiger charge is 2.38. The maximum Gasteiger partial charge on any atom is 0.256 e. The molecular weight excluding hydrogens is 426 g/mol. The first-order valence-electron chi connectivity index (χ1n) is 9.10. The van der Waals surface area contributed by atoms with Crippen LogP contribution in [0.5, 0.6) is 0 Å². The van der Waals surface area contributed by atoms with Crippen molar-refractivity contribution in [2.75, 3.05) is 17.2 Å². The maximum absolute atomic E-state index is 12.9. The lowest BCUT2D eigenvalue weighted by Gasteiger charge is -2.20. The largest absolute Gasteiger partial charge is 0.327 e. The molecule has 146 valence electrons. The molecule has 1 fully saturated rings. The van der Waals surface area contributed by atoms with Gasteiger partial charge in [0, 0.05) is 12.2 Å². The minimum atomic E-state index is -0.414. The van der Waals surface area contributed by atoms with Gasteiger partial charge >= 0.3 is 0 Å². The number of nitrogens with one attached hydrogen (secondary N) is 2. The van der Waals surface area contributed by atoms with E-state index in [0.717, 1.165) is 22.3 Å². The SMILES string of the molecule is Cc1nn(CC(=O)Nc2ccc3c(c2)C(=O)N2CCC[C@@H]2C(=O)N3)c(C)c1Br. The Bertz CT molecular complexity index is 1000. The molecule has 0 unspecified atom stereocenters. The molecular formula is C19H20BrN5O3. The van der Waals surface area contributed by atoms with Crippen molar-refractivity contribution in [2.24, 2.45) is 0 Å². The summed E-state index contributed by atoms with van der Waals surface area (Å²) in [6.45, 7) is 4.38. The number of amides is 3. The average Bonchev–Trinajstić information content (AvgIpc) is 3.21. The Morgan fingerprint density at radius 3 is 2.86 bits per heavy atom. The Kier molecular flexibility index (Phi) is 4.70. The van der Waals surface area contributed by atoms with E-state index in [1.165, 1.54) is 0 Å². The molecule has 1 aromatic heterocycles. The number of hydrogen-bond donors (Lipinski definition) is 2. The van der Waals surface area contributed by atoms with E-state index in [1.807, 2.05) is 13.8 Å². The van der Waals surface area contributed by atoms with Crippen LogP contribution in [-0.2, 0) is 16.1 Å². The van der Waals surface area contributed by atoms with Crippen LogP contribution in [0.2, 0.25) is 0 Å². The molecule has 28 heavy (non-hydrogen) atoms. The molecule has 0 saturated carbocycles. The van der Waals surface area contributed by atoms with Crippen LogP contribution in [0.4, 0.5) is 11.4 Å². The molecule has 0 bridgehead atoms. The number of hydrogen-bond acceptors (Lipinski definition) is 4. The topological polar surface area (TPSA) is 96.3 Å². The molecule has 1 atom stereocenters. The summed E-state index contributed by atoms with van der Waals surface area (Å²) in [6, 6.07) is 4.54. The van der Waals surface area contributed by atoms with Crippen LogP contribution in [0.15, 0.2) is 22.7 Å². The molecule has 0 radical (unpaired) electrons. The molecule has 0 aliphatic carbocycles. The van der Waals surface area contributed by atoms with Gasteiger partial charge in [0.2, 0.25) is 11.8 Å².